The predicted molar refractivity (Wildman–Crippen MR) is 78.1 cm³/mol. The summed E-state index contributed by atoms with van der Waals surface area (Å²) in [7, 11) is 3.76. The molecule has 1 N–H and O–H groups in total. The molecule has 1 aliphatic rings. The highest BCUT2D eigenvalue weighted by Gasteiger charge is 2.53. The number of methoxy groups -OCH3 is 1. The molecule has 19 heavy (non-hydrogen) atoms. The summed E-state index contributed by atoms with van der Waals surface area (Å²) in [5, 5.41) is 3.44. The van der Waals surface area contributed by atoms with Crippen molar-refractivity contribution in [3.63, 3.8) is 0 Å². The normalized spacial score (nSPS) is 18.0. The highest BCUT2D eigenvalue weighted by Crippen LogP contribution is 2.47. The highest BCUT2D eigenvalue weighted by atomic mass is 16.5. The van der Waals surface area contributed by atoms with E-state index in [4.69, 9.17) is 9.47 Å². The molecule has 1 aromatic carbocycles. The van der Waals surface area contributed by atoms with Crippen LogP contribution in [0.25, 0.3) is 0 Å². The summed E-state index contributed by atoms with van der Waals surface area (Å²) in [4.78, 5) is 0. The Labute approximate surface area is 116 Å². The number of ether oxygens (including phenoxy) is 2. The van der Waals surface area contributed by atoms with E-state index in [0.29, 0.717) is 0 Å². The smallest absolute Gasteiger partial charge is 0.123 e. The third-order valence-corrected chi connectivity index (χ3v) is 4.66. The fraction of sp³-hybridized carbons (Fsp3) is 0.625. The quantitative estimate of drug-likeness (QED) is 0.905. The van der Waals surface area contributed by atoms with Crippen LogP contribution >= 0.6 is 0 Å². The molecule has 1 aromatic rings. The van der Waals surface area contributed by atoms with Gasteiger partial charge >= 0.3 is 0 Å². The van der Waals surface area contributed by atoms with E-state index in [9.17, 15) is 0 Å². The molecule has 106 valence electrons. The molecule has 0 bridgehead atoms. The number of nitrogens with one attached hydrogen (secondary N) is 1. The zero-order valence-corrected chi connectivity index (χ0v) is 12.9. The van der Waals surface area contributed by atoms with Crippen molar-refractivity contribution in [3.05, 3.63) is 28.8 Å². The van der Waals surface area contributed by atoms with Gasteiger partial charge in [-0.2, -0.15) is 0 Å². The average Bonchev–Trinajstić information content (AvgIpc) is 2.29. The summed E-state index contributed by atoms with van der Waals surface area (Å²) in [5.41, 5.74) is 3.73. The van der Waals surface area contributed by atoms with Crippen LogP contribution in [-0.2, 0) is 10.2 Å². The molecule has 1 saturated heterocycles. The minimum Gasteiger partial charge on any atom is -0.496 e. The second-order valence-electron chi connectivity index (χ2n) is 6.11. The van der Waals surface area contributed by atoms with Crippen molar-refractivity contribution >= 4 is 0 Å². The van der Waals surface area contributed by atoms with Crippen molar-refractivity contribution in [1.82, 2.24) is 5.32 Å². The fourth-order valence-electron chi connectivity index (χ4n) is 3.07. The lowest BCUT2D eigenvalue weighted by molar-refractivity contribution is -0.100. The van der Waals surface area contributed by atoms with Crippen LogP contribution in [0.3, 0.4) is 0 Å². The molecule has 0 aromatic heterocycles. The zero-order valence-electron chi connectivity index (χ0n) is 12.9. The summed E-state index contributed by atoms with van der Waals surface area (Å²) in [6.07, 6.45) is 0. The minimum absolute atomic E-state index is 0.0229. The molecule has 0 saturated carbocycles. The SMILES string of the molecule is CNC(C)(C)C1(c2c(C)cc(C)cc2OC)COC1. The molecule has 0 radical (unpaired) electrons. The molecular formula is C16H25NO2. The Morgan fingerprint density at radius 1 is 1.26 bits per heavy atom. The van der Waals surface area contributed by atoms with Crippen LogP contribution in [0.4, 0.5) is 0 Å². The molecule has 0 aliphatic carbocycles. The Kier molecular flexibility index (Phi) is 3.63. The maximum atomic E-state index is 5.65. The third kappa shape index (κ3) is 2.05. The first kappa shape index (κ1) is 14.4. The molecule has 1 heterocycles. The van der Waals surface area contributed by atoms with Gasteiger partial charge in [0.25, 0.3) is 0 Å². The van der Waals surface area contributed by atoms with Gasteiger partial charge in [0.05, 0.1) is 25.7 Å². The van der Waals surface area contributed by atoms with Gasteiger partial charge < -0.3 is 14.8 Å². The van der Waals surface area contributed by atoms with Crippen molar-refractivity contribution < 1.29 is 9.47 Å². The van der Waals surface area contributed by atoms with Crippen LogP contribution in [0.15, 0.2) is 12.1 Å². The molecular weight excluding hydrogens is 238 g/mol. The lowest BCUT2D eigenvalue weighted by Crippen LogP contribution is -2.66. The maximum absolute atomic E-state index is 5.65. The zero-order chi connectivity index (χ0) is 14.3. The molecule has 0 unspecified atom stereocenters. The number of aryl methyl sites for hydroxylation is 2. The molecule has 0 spiro atoms. The van der Waals surface area contributed by atoms with Crippen LogP contribution in [-0.4, -0.2) is 32.9 Å². The monoisotopic (exact) mass is 263 g/mol. The predicted octanol–water partition coefficient (Wildman–Crippen LogP) is 2.58. The van der Waals surface area contributed by atoms with Gasteiger partial charge in [-0.3, -0.25) is 0 Å². The van der Waals surface area contributed by atoms with Crippen LogP contribution in [0.5, 0.6) is 5.75 Å². The van der Waals surface area contributed by atoms with E-state index < -0.39 is 0 Å². The average molecular weight is 263 g/mol. The molecule has 0 amide bonds. The van der Waals surface area contributed by atoms with E-state index in [1.54, 1.807) is 7.11 Å². The van der Waals surface area contributed by atoms with Gasteiger partial charge in [-0.25, -0.2) is 0 Å². The first-order valence-electron chi connectivity index (χ1n) is 6.80. The molecule has 0 atom stereocenters. The Morgan fingerprint density at radius 3 is 2.32 bits per heavy atom. The Bertz CT molecular complexity index is 476. The Morgan fingerprint density at radius 2 is 1.89 bits per heavy atom. The minimum atomic E-state index is -0.0431. The topological polar surface area (TPSA) is 30.5 Å². The largest absolute Gasteiger partial charge is 0.496 e. The van der Waals surface area contributed by atoms with E-state index in [1.807, 2.05) is 7.05 Å². The molecule has 1 aliphatic heterocycles. The van der Waals surface area contributed by atoms with E-state index in [0.717, 1.165) is 19.0 Å². The number of likely N-dealkylation sites (N-methyl/N-ethyl adjacent to an activating group) is 1. The standard InChI is InChI=1S/C16H25NO2/c1-11-7-12(2)14(13(8-11)18-6)16(9-19-10-16)15(3,4)17-5/h7-8,17H,9-10H2,1-6H3. The Balaban J connectivity index is 2.62. The van der Waals surface area contributed by atoms with Gasteiger partial charge in [-0.05, 0) is 51.9 Å². The lowest BCUT2D eigenvalue weighted by Gasteiger charge is -2.53. The first-order chi connectivity index (χ1) is 8.88. The third-order valence-electron chi connectivity index (χ3n) is 4.66. The number of rotatable bonds is 4. The summed E-state index contributed by atoms with van der Waals surface area (Å²) in [6.45, 7) is 10.2. The molecule has 3 nitrogen and oxygen atoms in total. The van der Waals surface area contributed by atoms with Crippen LogP contribution in [0, 0.1) is 13.8 Å². The summed E-state index contributed by atoms with van der Waals surface area (Å²) in [5.74, 6) is 0.976. The number of hydrogen-bond donors (Lipinski definition) is 1. The van der Waals surface area contributed by atoms with Gasteiger partial charge in [0, 0.05) is 11.1 Å². The van der Waals surface area contributed by atoms with Crippen molar-refractivity contribution in [2.75, 3.05) is 27.4 Å². The van der Waals surface area contributed by atoms with Crippen LogP contribution in [0.1, 0.15) is 30.5 Å². The molecule has 1 fully saturated rings. The second-order valence-corrected chi connectivity index (χ2v) is 6.11. The molecule has 2 rings (SSSR count). The first-order valence-corrected chi connectivity index (χ1v) is 6.80. The van der Waals surface area contributed by atoms with E-state index in [1.165, 1.54) is 16.7 Å². The van der Waals surface area contributed by atoms with Gasteiger partial charge in [-0.1, -0.05) is 6.07 Å². The summed E-state index contributed by atoms with van der Waals surface area (Å²) >= 11 is 0. The van der Waals surface area contributed by atoms with Gasteiger partial charge in [0.1, 0.15) is 5.75 Å². The van der Waals surface area contributed by atoms with Crippen molar-refractivity contribution in [1.29, 1.82) is 0 Å². The van der Waals surface area contributed by atoms with Gasteiger partial charge in [0.15, 0.2) is 0 Å². The van der Waals surface area contributed by atoms with Crippen LogP contribution < -0.4 is 10.1 Å². The van der Waals surface area contributed by atoms with E-state index >= 15 is 0 Å². The van der Waals surface area contributed by atoms with Gasteiger partial charge in [0.2, 0.25) is 0 Å². The van der Waals surface area contributed by atoms with Gasteiger partial charge in [-0.15, -0.1) is 0 Å². The van der Waals surface area contributed by atoms with E-state index in [2.05, 4.69) is 45.1 Å². The number of hydrogen-bond acceptors (Lipinski definition) is 3. The fourth-order valence-corrected chi connectivity index (χ4v) is 3.07. The lowest BCUT2D eigenvalue weighted by atomic mass is 9.63. The highest BCUT2D eigenvalue weighted by molar-refractivity contribution is 5.51. The van der Waals surface area contributed by atoms with E-state index in [-0.39, 0.29) is 11.0 Å². The maximum Gasteiger partial charge on any atom is 0.123 e. The summed E-state index contributed by atoms with van der Waals surface area (Å²) in [6, 6.07) is 4.35. The van der Waals surface area contributed by atoms with Crippen LogP contribution in [0.2, 0.25) is 0 Å². The molecule has 3 heteroatoms. The Hall–Kier alpha value is -1.06. The number of benzene rings is 1. The second kappa shape index (κ2) is 4.80. The van der Waals surface area contributed by atoms with Crippen molar-refractivity contribution in [3.8, 4) is 5.75 Å². The van der Waals surface area contributed by atoms with Crippen molar-refractivity contribution in [2.45, 2.75) is 38.6 Å². The van der Waals surface area contributed by atoms with Crippen molar-refractivity contribution in [2.24, 2.45) is 0 Å². The summed E-state index contributed by atoms with van der Waals surface area (Å²) < 4.78 is 11.2.